The van der Waals surface area contributed by atoms with Gasteiger partial charge in [-0.1, -0.05) is 24.3 Å². The van der Waals surface area contributed by atoms with Crippen LogP contribution in [-0.4, -0.2) is 32.1 Å². The van der Waals surface area contributed by atoms with Crippen molar-refractivity contribution in [3.63, 3.8) is 0 Å². The van der Waals surface area contributed by atoms with E-state index in [0.717, 1.165) is 5.75 Å². The molecular formula is C23H22N2O4. The van der Waals surface area contributed by atoms with Gasteiger partial charge in [0.2, 0.25) is 0 Å². The summed E-state index contributed by atoms with van der Waals surface area (Å²) in [5, 5.41) is 5.34. The summed E-state index contributed by atoms with van der Waals surface area (Å²) in [6.07, 6.45) is 0. The molecule has 0 radical (unpaired) electrons. The molecule has 2 N–H and O–H groups in total. The SMILES string of the molecule is CNC(=O)c1cccc(NC(=O)c2ccc(OCCOc3ccccc3)cc2)c1. The van der Waals surface area contributed by atoms with Crippen LogP contribution in [0.25, 0.3) is 0 Å². The van der Waals surface area contributed by atoms with Crippen molar-refractivity contribution < 1.29 is 19.1 Å². The Bertz CT molecular complexity index is 956. The summed E-state index contributed by atoms with van der Waals surface area (Å²) in [4.78, 5) is 24.1. The first kappa shape index (κ1) is 19.9. The first-order valence-corrected chi connectivity index (χ1v) is 9.20. The smallest absolute Gasteiger partial charge is 0.255 e. The topological polar surface area (TPSA) is 76.7 Å². The van der Waals surface area contributed by atoms with Gasteiger partial charge < -0.3 is 20.1 Å². The van der Waals surface area contributed by atoms with Crippen LogP contribution < -0.4 is 20.1 Å². The van der Waals surface area contributed by atoms with Crippen LogP contribution in [0, 0.1) is 0 Å². The number of carbonyl (C=O) groups is 2. The van der Waals surface area contributed by atoms with Crippen molar-refractivity contribution in [1.82, 2.24) is 5.32 Å². The second-order valence-corrected chi connectivity index (χ2v) is 6.15. The third kappa shape index (κ3) is 5.84. The van der Waals surface area contributed by atoms with Crippen LogP contribution in [0.5, 0.6) is 11.5 Å². The summed E-state index contributed by atoms with van der Waals surface area (Å²) in [7, 11) is 1.56. The van der Waals surface area contributed by atoms with Crippen LogP contribution in [0.1, 0.15) is 20.7 Å². The molecule has 0 saturated heterocycles. The maximum Gasteiger partial charge on any atom is 0.255 e. The zero-order valence-electron chi connectivity index (χ0n) is 16.1. The first-order chi connectivity index (χ1) is 14.2. The second kappa shape index (κ2) is 9.94. The number of rotatable bonds is 8. The zero-order valence-corrected chi connectivity index (χ0v) is 16.1. The normalized spacial score (nSPS) is 10.1. The molecular weight excluding hydrogens is 368 g/mol. The molecule has 0 fully saturated rings. The van der Waals surface area contributed by atoms with Gasteiger partial charge in [0.15, 0.2) is 0 Å². The van der Waals surface area contributed by atoms with Crippen LogP contribution in [0.4, 0.5) is 5.69 Å². The Morgan fingerprint density at radius 2 is 1.38 bits per heavy atom. The van der Waals surface area contributed by atoms with E-state index in [1.807, 2.05) is 30.3 Å². The van der Waals surface area contributed by atoms with E-state index in [9.17, 15) is 9.59 Å². The number of benzene rings is 3. The molecule has 0 heterocycles. The number of hydrogen-bond donors (Lipinski definition) is 2. The van der Waals surface area contributed by atoms with Crippen molar-refractivity contribution in [3.05, 3.63) is 90.0 Å². The van der Waals surface area contributed by atoms with Gasteiger partial charge in [-0.05, 0) is 54.6 Å². The fourth-order valence-corrected chi connectivity index (χ4v) is 2.62. The zero-order chi connectivity index (χ0) is 20.5. The molecule has 148 valence electrons. The van der Waals surface area contributed by atoms with E-state index >= 15 is 0 Å². The average molecular weight is 390 g/mol. The maximum absolute atomic E-state index is 12.4. The van der Waals surface area contributed by atoms with Gasteiger partial charge in [0.25, 0.3) is 11.8 Å². The van der Waals surface area contributed by atoms with Gasteiger partial charge >= 0.3 is 0 Å². The lowest BCUT2D eigenvalue weighted by Crippen LogP contribution is -2.18. The number of ether oxygens (including phenoxy) is 2. The Labute approximate surface area is 169 Å². The van der Waals surface area contributed by atoms with Gasteiger partial charge in [0.05, 0.1) is 0 Å². The molecule has 2 amide bonds. The molecule has 0 bridgehead atoms. The summed E-state index contributed by atoms with van der Waals surface area (Å²) in [5.74, 6) is 0.972. The molecule has 3 rings (SSSR count). The summed E-state index contributed by atoms with van der Waals surface area (Å²) >= 11 is 0. The highest BCUT2D eigenvalue weighted by Crippen LogP contribution is 2.16. The molecule has 3 aromatic carbocycles. The Hall–Kier alpha value is -3.80. The highest BCUT2D eigenvalue weighted by Gasteiger charge is 2.09. The van der Waals surface area contributed by atoms with Crippen LogP contribution in [-0.2, 0) is 0 Å². The predicted octanol–water partition coefficient (Wildman–Crippen LogP) is 3.76. The van der Waals surface area contributed by atoms with Crippen molar-refractivity contribution in [1.29, 1.82) is 0 Å². The van der Waals surface area contributed by atoms with Crippen molar-refractivity contribution >= 4 is 17.5 Å². The highest BCUT2D eigenvalue weighted by atomic mass is 16.5. The van der Waals surface area contributed by atoms with E-state index in [2.05, 4.69) is 10.6 Å². The number of para-hydroxylation sites is 1. The third-order valence-corrected chi connectivity index (χ3v) is 4.09. The largest absolute Gasteiger partial charge is 0.490 e. The van der Waals surface area contributed by atoms with Gasteiger partial charge in [-0.15, -0.1) is 0 Å². The quantitative estimate of drug-likeness (QED) is 0.574. The maximum atomic E-state index is 12.4. The van der Waals surface area contributed by atoms with Gasteiger partial charge in [-0.25, -0.2) is 0 Å². The summed E-state index contributed by atoms with van der Waals surface area (Å²) < 4.78 is 11.2. The summed E-state index contributed by atoms with van der Waals surface area (Å²) in [6, 6.07) is 23.1. The second-order valence-electron chi connectivity index (χ2n) is 6.15. The first-order valence-electron chi connectivity index (χ1n) is 9.20. The van der Waals surface area contributed by atoms with E-state index in [0.29, 0.717) is 35.8 Å². The molecule has 0 saturated carbocycles. The Balaban J connectivity index is 1.50. The van der Waals surface area contributed by atoms with Crippen molar-refractivity contribution in [2.45, 2.75) is 0 Å². The lowest BCUT2D eigenvalue weighted by molar-refractivity contribution is 0.0961. The van der Waals surface area contributed by atoms with Crippen LogP contribution in [0.2, 0.25) is 0 Å². The van der Waals surface area contributed by atoms with Gasteiger partial charge in [-0.2, -0.15) is 0 Å². The molecule has 6 heteroatoms. The summed E-state index contributed by atoms with van der Waals surface area (Å²) in [6.45, 7) is 0.820. The van der Waals surface area contributed by atoms with Crippen molar-refractivity contribution in [2.24, 2.45) is 0 Å². The molecule has 29 heavy (non-hydrogen) atoms. The molecule has 6 nitrogen and oxygen atoms in total. The van der Waals surface area contributed by atoms with E-state index in [1.165, 1.54) is 0 Å². The molecule has 0 aliphatic heterocycles. The average Bonchev–Trinajstić information content (AvgIpc) is 2.77. The number of nitrogens with one attached hydrogen (secondary N) is 2. The number of amides is 2. The monoisotopic (exact) mass is 390 g/mol. The van der Waals surface area contributed by atoms with Gasteiger partial charge in [0.1, 0.15) is 24.7 Å². The van der Waals surface area contributed by atoms with Crippen LogP contribution >= 0.6 is 0 Å². The number of carbonyl (C=O) groups excluding carboxylic acids is 2. The fraction of sp³-hybridized carbons (Fsp3) is 0.130. The Kier molecular flexibility index (Phi) is 6.84. The Morgan fingerprint density at radius 3 is 2.03 bits per heavy atom. The molecule has 0 aromatic heterocycles. The Morgan fingerprint density at radius 1 is 0.724 bits per heavy atom. The van der Waals surface area contributed by atoms with E-state index < -0.39 is 0 Å². The molecule has 0 unspecified atom stereocenters. The lowest BCUT2D eigenvalue weighted by atomic mass is 10.1. The highest BCUT2D eigenvalue weighted by molar-refractivity contribution is 6.05. The van der Waals surface area contributed by atoms with E-state index in [1.54, 1.807) is 55.6 Å². The van der Waals surface area contributed by atoms with Crippen LogP contribution in [0.3, 0.4) is 0 Å². The third-order valence-electron chi connectivity index (χ3n) is 4.09. The standard InChI is InChI=1S/C23H22N2O4/c1-24-22(26)18-6-5-7-19(16-18)25-23(27)17-10-12-21(13-11-17)29-15-14-28-20-8-3-2-4-9-20/h2-13,16H,14-15H2,1H3,(H,24,26)(H,25,27). The molecule has 0 atom stereocenters. The van der Waals surface area contributed by atoms with E-state index in [-0.39, 0.29) is 11.8 Å². The minimum Gasteiger partial charge on any atom is -0.490 e. The fourth-order valence-electron chi connectivity index (χ4n) is 2.62. The predicted molar refractivity (Wildman–Crippen MR) is 112 cm³/mol. The summed E-state index contributed by atoms with van der Waals surface area (Å²) in [5.41, 5.74) is 1.52. The minimum atomic E-state index is -0.266. The van der Waals surface area contributed by atoms with Crippen LogP contribution in [0.15, 0.2) is 78.9 Å². The van der Waals surface area contributed by atoms with Crippen molar-refractivity contribution in [3.8, 4) is 11.5 Å². The van der Waals surface area contributed by atoms with Gasteiger partial charge in [-0.3, -0.25) is 9.59 Å². The van der Waals surface area contributed by atoms with Gasteiger partial charge in [0, 0.05) is 23.9 Å². The lowest BCUT2D eigenvalue weighted by Gasteiger charge is -2.10. The number of anilines is 1. The molecule has 0 aliphatic carbocycles. The molecule has 0 aliphatic rings. The molecule has 0 spiro atoms. The molecule has 3 aromatic rings. The van der Waals surface area contributed by atoms with Crippen molar-refractivity contribution in [2.75, 3.05) is 25.6 Å². The van der Waals surface area contributed by atoms with E-state index in [4.69, 9.17) is 9.47 Å². The number of hydrogen-bond acceptors (Lipinski definition) is 4. The minimum absolute atomic E-state index is 0.209.